The lowest BCUT2D eigenvalue weighted by atomic mass is 10.1. The highest BCUT2D eigenvalue weighted by Crippen LogP contribution is 2.31. The van der Waals surface area contributed by atoms with Gasteiger partial charge in [-0.25, -0.2) is 4.98 Å². The van der Waals surface area contributed by atoms with E-state index >= 15 is 0 Å². The molecule has 0 atom stereocenters. The molecule has 5 rings (SSSR count). The van der Waals surface area contributed by atoms with Gasteiger partial charge < -0.3 is 20.1 Å². The molecule has 8 nitrogen and oxygen atoms in total. The van der Waals surface area contributed by atoms with Crippen molar-refractivity contribution in [3.8, 4) is 11.5 Å². The Kier molecular flexibility index (Phi) is 5.85. The number of benzene rings is 3. The fourth-order valence-corrected chi connectivity index (χ4v) is 3.76. The summed E-state index contributed by atoms with van der Waals surface area (Å²) in [5, 5.41) is 6.51. The summed E-state index contributed by atoms with van der Waals surface area (Å²) in [6.45, 7) is 2.79. The topological polar surface area (TPSA) is 107 Å². The number of pyridine rings is 1. The van der Waals surface area contributed by atoms with Gasteiger partial charge in [-0.05, 0) is 67.1 Å². The van der Waals surface area contributed by atoms with Crippen molar-refractivity contribution >= 4 is 40.4 Å². The Balaban J connectivity index is 1.32. The first kappa shape index (κ1) is 22.1. The zero-order valence-electron chi connectivity index (χ0n) is 18.8. The van der Waals surface area contributed by atoms with Gasteiger partial charge in [0.2, 0.25) is 0 Å². The molecule has 4 aromatic rings. The third-order valence-corrected chi connectivity index (χ3v) is 5.64. The Morgan fingerprint density at radius 3 is 2.40 bits per heavy atom. The van der Waals surface area contributed by atoms with Crippen LogP contribution in [0.1, 0.15) is 36.8 Å². The van der Waals surface area contributed by atoms with E-state index in [0.717, 1.165) is 10.9 Å². The molecule has 0 fully saturated rings. The minimum absolute atomic E-state index is 0.301. The van der Waals surface area contributed by atoms with Crippen LogP contribution < -0.4 is 20.1 Å². The van der Waals surface area contributed by atoms with E-state index in [4.69, 9.17) is 9.47 Å². The summed E-state index contributed by atoms with van der Waals surface area (Å²) in [7, 11) is 0. The summed E-state index contributed by atoms with van der Waals surface area (Å²) in [6, 6.07) is 18.8. The molecule has 3 aromatic carbocycles. The minimum atomic E-state index is -0.306. The van der Waals surface area contributed by atoms with Crippen molar-refractivity contribution in [3.05, 3.63) is 89.1 Å². The Morgan fingerprint density at radius 2 is 1.57 bits per heavy atom. The second-order valence-corrected chi connectivity index (χ2v) is 8.06. The molecule has 0 saturated heterocycles. The first-order valence-electron chi connectivity index (χ1n) is 11.0. The smallest absolute Gasteiger partial charge is 0.255 e. The second-order valence-electron chi connectivity index (χ2n) is 8.06. The SMILES string of the molecule is Cc1ccc(NC(=O)c2ccc3c(c2)OCCO3)cc1NC(=O)c1ccc2nc(C=O)ccc2c1. The van der Waals surface area contributed by atoms with Gasteiger partial charge in [0.05, 0.1) is 5.52 Å². The van der Waals surface area contributed by atoms with E-state index in [1.807, 2.05) is 13.0 Å². The zero-order chi connectivity index (χ0) is 24.4. The number of aryl methyl sites for hydroxylation is 1. The van der Waals surface area contributed by atoms with E-state index in [1.54, 1.807) is 60.7 Å². The summed E-state index contributed by atoms with van der Waals surface area (Å²) >= 11 is 0. The molecule has 0 unspecified atom stereocenters. The second kappa shape index (κ2) is 9.26. The number of fused-ring (bicyclic) bond motifs is 2. The summed E-state index contributed by atoms with van der Waals surface area (Å²) in [6.07, 6.45) is 0.683. The number of aromatic nitrogens is 1. The molecule has 2 amide bonds. The van der Waals surface area contributed by atoms with Crippen LogP contribution in [-0.2, 0) is 0 Å². The molecule has 174 valence electrons. The van der Waals surface area contributed by atoms with Gasteiger partial charge in [-0.2, -0.15) is 0 Å². The van der Waals surface area contributed by atoms with Crippen LogP contribution in [0, 0.1) is 6.92 Å². The van der Waals surface area contributed by atoms with Crippen LogP contribution in [0.25, 0.3) is 10.9 Å². The Bertz CT molecular complexity index is 1480. The van der Waals surface area contributed by atoms with Gasteiger partial charge in [-0.3, -0.25) is 14.4 Å². The third-order valence-electron chi connectivity index (χ3n) is 5.64. The van der Waals surface area contributed by atoms with Gasteiger partial charge in [0.1, 0.15) is 18.9 Å². The lowest BCUT2D eigenvalue weighted by Crippen LogP contribution is -2.17. The number of amides is 2. The molecule has 1 aliphatic heterocycles. The number of carbonyl (C=O) groups is 3. The average Bonchev–Trinajstić information content (AvgIpc) is 2.89. The molecule has 0 bridgehead atoms. The predicted molar refractivity (Wildman–Crippen MR) is 132 cm³/mol. The van der Waals surface area contributed by atoms with Crippen molar-refractivity contribution in [1.29, 1.82) is 0 Å². The molecule has 0 radical (unpaired) electrons. The van der Waals surface area contributed by atoms with E-state index in [9.17, 15) is 14.4 Å². The highest BCUT2D eigenvalue weighted by atomic mass is 16.6. The van der Waals surface area contributed by atoms with E-state index in [-0.39, 0.29) is 11.8 Å². The molecular formula is C27H21N3O5. The number of rotatable bonds is 5. The minimum Gasteiger partial charge on any atom is -0.486 e. The van der Waals surface area contributed by atoms with E-state index in [2.05, 4.69) is 15.6 Å². The molecule has 0 spiro atoms. The quantitative estimate of drug-likeness (QED) is 0.415. The third kappa shape index (κ3) is 4.67. The summed E-state index contributed by atoms with van der Waals surface area (Å²) in [4.78, 5) is 40.9. The maximum Gasteiger partial charge on any atom is 0.255 e. The van der Waals surface area contributed by atoms with Gasteiger partial charge in [-0.15, -0.1) is 0 Å². The van der Waals surface area contributed by atoms with Crippen molar-refractivity contribution in [2.75, 3.05) is 23.8 Å². The Morgan fingerprint density at radius 1 is 0.829 bits per heavy atom. The molecular weight excluding hydrogens is 446 g/mol. The fourth-order valence-electron chi connectivity index (χ4n) is 3.76. The van der Waals surface area contributed by atoms with Crippen molar-refractivity contribution < 1.29 is 23.9 Å². The van der Waals surface area contributed by atoms with Crippen molar-refractivity contribution in [3.63, 3.8) is 0 Å². The van der Waals surface area contributed by atoms with Crippen LogP contribution >= 0.6 is 0 Å². The molecule has 1 aliphatic rings. The molecule has 0 aliphatic carbocycles. The molecule has 35 heavy (non-hydrogen) atoms. The van der Waals surface area contributed by atoms with Crippen LogP contribution in [0.5, 0.6) is 11.5 Å². The number of nitrogens with one attached hydrogen (secondary N) is 2. The van der Waals surface area contributed by atoms with Crippen LogP contribution in [0.2, 0.25) is 0 Å². The largest absolute Gasteiger partial charge is 0.486 e. The molecule has 0 saturated carbocycles. The number of anilines is 2. The van der Waals surface area contributed by atoms with Crippen LogP contribution in [-0.4, -0.2) is 36.3 Å². The summed E-state index contributed by atoms with van der Waals surface area (Å²) in [5.41, 5.74) is 3.80. The lowest BCUT2D eigenvalue weighted by molar-refractivity contribution is 0.101. The van der Waals surface area contributed by atoms with Gasteiger partial charge in [0, 0.05) is 27.9 Å². The molecule has 2 N–H and O–H groups in total. The lowest BCUT2D eigenvalue weighted by Gasteiger charge is -2.18. The van der Waals surface area contributed by atoms with E-state index in [1.165, 1.54) is 0 Å². The standard InChI is InChI=1S/C27H21N3O5/c1-16-2-6-20(29-26(32)19-5-9-24-25(13-19)35-11-10-34-24)14-23(16)30-27(33)18-4-8-22-17(12-18)3-7-21(15-31)28-22/h2-9,12-15H,10-11H2,1H3,(H,29,32)(H,30,33). The Labute approximate surface area is 200 Å². The molecule has 2 heterocycles. The number of ether oxygens (including phenoxy) is 2. The maximum absolute atomic E-state index is 12.9. The van der Waals surface area contributed by atoms with E-state index < -0.39 is 0 Å². The molecule has 1 aromatic heterocycles. The summed E-state index contributed by atoms with van der Waals surface area (Å²) in [5.74, 6) is 0.542. The number of hydrogen-bond acceptors (Lipinski definition) is 6. The van der Waals surface area contributed by atoms with Crippen molar-refractivity contribution in [1.82, 2.24) is 4.98 Å². The number of hydrogen-bond donors (Lipinski definition) is 2. The zero-order valence-corrected chi connectivity index (χ0v) is 18.8. The number of carbonyl (C=O) groups excluding carboxylic acids is 3. The first-order chi connectivity index (χ1) is 17.0. The van der Waals surface area contributed by atoms with E-state index in [0.29, 0.717) is 64.7 Å². The monoisotopic (exact) mass is 467 g/mol. The maximum atomic E-state index is 12.9. The number of aldehydes is 1. The van der Waals surface area contributed by atoms with Crippen LogP contribution in [0.15, 0.2) is 66.7 Å². The van der Waals surface area contributed by atoms with Crippen LogP contribution in [0.4, 0.5) is 11.4 Å². The van der Waals surface area contributed by atoms with Gasteiger partial charge in [0.15, 0.2) is 17.8 Å². The highest BCUT2D eigenvalue weighted by Gasteiger charge is 2.16. The van der Waals surface area contributed by atoms with Crippen molar-refractivity contribution in [2.24, 2.45) is 0 Å². The highest BCUT2D eigenvalue weighted by molar-refractivity contribution is 6.08. The summed E-state index contributed by atoms with van der Waals surface area (Å²) < 4.78 is 11.1. The number of nitrogens with zero attached hydrogens (tertiary/aromatic N) is 1. The Hall–Kier alpha value is -4.72. The average molecular weight is 467 g/mol. The first-order valence-corrected chi connectivity index (χ1v) is 11.0. The van der Waals surface area contributed by atoms with Gasteiger partial charge >= 0.3 is 0 Å². The van der Waals surface area contributed by atoms with Crippen LogP contribution in [0.3, 0.4) is 0 Å². The fraction of sp³-hybridized carbons (Fsp3) is 0.111. The predicted octanol–water partition coefficient (Wildman–Crippen LogP) is 4.63. The van der Waals surface area contributed by atoms with Gasteiger partial charge in [0.25, 0.3) is 11.8 Å². The normalized spacial score (nSPS) is 12.1. The molecule has 8 heteroatoms. The van der Waals surface area contributed by atoms with Gasteiger partial charge in [-0.1, -0.05) is 12.1 Å². The van der Waals surface area contributed by atoms with Crippen molar-refractivity contribution in [2.45, 2.75) is 6.92 Å².